The van der Waals surface area contributed by atoms with Crippen molar-refractivity contribution in [3.63, 3.8) is 0 Å². The van der Waals surface area contributed by atoms with Crippen LogP contribution in [0.4, 0.5) is 5.69 Å². The lowest BCUT2D eigenvalue weighted by Gasteiger charge is -2.07. The van der Waals surface area contributed by atoms with E-state index in [1.54, 1.807) is 30.4 Å². The van der Waals surface area contributed by atoms with Crippen LogP contribution in [-0.2, 0) is 0 Å². The van der Waals surface area contributed by atoms with Crippen molar-refractivity contribution < 1.29 is 9.32 Å². The first-order valence-corrected chi connectivity index (χ1v) is 10.1. The van der Waals surface area contributed by atoms with Gasteiger partial charge in [0.15, 0.2) is 0 Å². The molecule has 146 valence electrons. The largest absolute Gasteiger partial charge is 0.360 e. The van der Waals surface area contributed by atoms with Crippen LogP contribution in [0.5, 0.6) is 0 Å². The van der Waals surface area contributed by atoms with E-state index >= 15 is 0 Å². The number of anilines is 1. The Morgan fingerprint density at radius 1 is 1.10 bits per heavy atom. The number of hydrogen-bond acceptors (Lipinski definition) is 5. The molecule has 1 amide bonds. The third kappa shape index (κ3) is 4.07. The Morgan fingerprint density at radius 2 is 1.87 bits per heavy atom. The van der Waals surface area contributed by atoms with Crippen LogP contribution in [-0.4, -0.2) is 11.1 Å². The zero-order valence-electron chi connectivity index (χ0n) is 16.1. The highest BCUT2D eigenvalue weighted by Gasteiger charge is 2.21. The summed E-state index contributed by atoms with van der Waals surface area (Å²) in [5, 5.41) is 18.4. The molecule has 30 heavy (non-hydrogen) atoms. The molecule has 0 unspecified atom stereocenters. The van der Waals surface area contributed by atoms with Crippen molar-refractivity contribution in [1.82, 2.24) is 5.16 Å². The zero-order chi connectivity index (χ0) is 20.9. The molecule has 4 rings (SSSR count). The topological polar surface area (TPSA) is 78.9 Å². The average molecular weight is 411 g/mol. The molecular weight excluding hydrogens is 394 g/mol. The molecule has 0 saturated heterocycles. The number of rotatable bonds is 5. The summed E-state index contributed by atoms with van der Waals surface area (Å²) in [4.78, 5) is 13.9. The SMILES string of the molecule is Cc1onc(-c2ccccc2)c1C(=O)Nc1ccc(/C(C#N)=C\c2cccs2)cc1. The van der Waals surface area contributed by atoms with Crippen LogP contribution in [0.2, 0.25) is 0 Å². The smallest absolute Gasteiger partial charge is 0.261 e. The van der Waals surface area contributed by atoms with Crippen molar-refractivity contribution in [1.29, 1.82) is 5.26 Å². The maximum absolute atomic E-state index is 12.9. The van der Waals surface area contributed by atoms with E-state index in [0.29, 0.717) is 28.3 Å². The van der Waals surface area contributed by atoms with E-state index in [4.69, 9.17) is 4.52 Å². The minimum atomic E-state index is -0.296. The van der Waals surface area contributed by atoms with Gasteiger partial charge in [0.1, 0.15) is 17.0 Å². The first-order chi connectivity index (χ1) is 14.7. The summed E-state index contributed by atoms with van der Waals surface area (Å²) in [5.74, 6) is 0.156. The minimum absolute atomic E-state index is 0.296. The van der Waals surface area contributed by atoms with Crippen molar-refractivity contribution in [3.05, 3.63) is 93.9 Å². The van der Waals surface area contributed by atoms with E-state index in [2.05, 4.69) is 16.5 Å². The molecular formula is C24H17N3O2S. The first kappa shape index (κ1) is 19.4. The molecule has 0 atom stereocenters. The quantitative estimate of drug-likeness (QED) is 0.407. The molecule has 0 spiro atoms. The van der Waals surface area contributed by atoms with E-state index < -0.39 is 0 Å². The molecule has 6 heteroatoms. The van der Waals surface area contributed by atoms with Gasteiger partial charge in [-0.05, 0) is 42.1 Å². The second-order valence-electron chi connectivity index (χ2n) is 6.55. The van der Waals surface area contributed by atoms with Crippen LogP contribution in [0.15, 0.2) is 76.6 Å². The van der Waals surface area contributed by atoms with Gasteiger partial charge in [-0.2, -0.15) is 5.26 Å². The van der Waals surface area contributed by atoms with Crippen molar-refractivity contribution in [2.24, 2.45) is 0 Å². The molecule has 2 aromatic heterocycles. The molecule has 4 aromatic rings. The molecule has 0 fully saturated rings. The van der Waals surface area contributed by atoms with E-state index in [-0.39, 0.29) is 5.91 Å². The number of nitrogens with one attached hydrogen (secondary N) is 1. The van der Waals surface area contributed by atoms with Crippen LogP contribution < -0.4 is 5.32 Å². The molecule has 1 N–H and O–H groups in total. The number of hydrogen-bond donors (Lipinski definition) is 1. The average Bonchev–Trinajstić information content (AvgIpc) is 3.43. The van der Waals surface area contributed by atoms with Gasteiger partial charge in [-0.1, -0.05) is 53.7 Å². The van der Waals surface area contributed by atoms with Crippen LogP contribution in [0.1, 0.15) is 26.6 Å². The Morgan fingerprint density at radius 3 is 2.53 bits per heavy atom. The first-order valence-electron chi connectivity index (χ1n) is 9.24. The third-order valence-corrected chi connectivity index (χ3v) is 5.36. The van der Waals surface area contributed by atoms with E-state index in [0.717, 1.165) is 16.0 Å². The van der Waals surface area contributed by atoms with Crippen LogP contribution in [0.3, 0.4) is 0 Å². The lowest BCUT2D eigenvalue weighted by Crippen LogP contribution is -2.13. The maximum Gasteiger partial charge on any atom is 0.261 e. The Labute approximate surface area is 177 Å². The van der Waals surface area contributed by atoms with Gasteiger partial charge < -0.3 is 9.84 Å². The normalized spacial score (nSPS) is 11.1. The predicted octanol–water partition coefficient (Wildman–Crippen LogP) is 6.03. The monoisotopic (exact) mass is 411 g/mol. The van der Waals surface area contributed by atoms with Gasteiger partial charge in [0.2, 0.25) is 0 Å². The molecule has 0 aliphatic carbocycles. The minimum Gasteiger partial charge on any atom is -0.360 e. The molecule has 0 bridgehead atoms. The fourth-order valence-electron chi connectivity index (χ4n) is 3.06. The summed E-state index contributed by atoms with van der Waals surface area (Å²) in [6.07, 6.45) is 1.85. The maximum atomic E-state index is 12.9. The Kier molecular flexibility index (Phi) is 5.55. The lowest BCUT2D eigenvalue weighted by molar-refractivity contribution is 0.102. The highest BCUT2D eigenvalue weighted by atomic mass is 32.1. The summed E-state index contributed by atoms with van der Waals surface area (Å²) in [6.45, 7) is 1.71. The van der Waals surface area contributed by atoms with E-state index in [9.17, 15) is 10.1 Å². The fourth-order valence-corrected chi connectivity index (χ4v) is 3.71. The summed E-state index contributed by atoms with van der Waals surface area (Å²) in [7, 11) is 0. The van der Waals surface area contributed by atoms with Gasteiger partial charge in [-0.25, -0.2) is 0 Å². The van der Waals surface area contributed by atoms with Crippen molar-refractivity contribution in [2.75, 3.05) is 5.32 Å². The molecule has 2 aromatic carbocycles. The number of aryl methyl sites for hydroxylation is 1. The Hall–Kier alpha value is -3.95. The second-order valence-corrected chi connectivity index (χ2v) is 7.52. The lowest BCUT2D eigenvalue weighted by atomic mass is 10.0. The van der Waals surface area contributed by atoms with Gasteiger partial charge in [-0.15, -0.1) is 11.3 Å². The Bertz CT molecular complexity index is 1230. The number of amides is 1. The predicted molar refractivity (Wildman–Crippen MR) is 119 cm³/mol. The number of nitriles is 1. The number of aromatic nitrogens is 1. The molecule has 2 heterocycles. The summed E-state index contributed by atoms with van der Waals surface area (Å²) in [5.41, 5.74) is 3.70. The number of carbonyl (C=O) groups is 1. The summed E-state index contributed by atoms with van der Waals surface area (Å²) in [6, 6.07) is 22.8. The molecule has 5 nitrogen and oxygen atoms in total. The molecule has 0 aliphatic rings. The summed E-state index contributed by atoms with van der Waals surface area (Å²) >= 11 is 1.57. The summed E-state index contributed by atoms with van der Waals surface area (Å²) < 4.78 is 5.27. The fraction of sp³-hybridized carbons (Fsp3) is 0.0417. The zero-order valence-corrected chi connectivity index (χ0v) is 16.9. The van der Waals surface area contributed by atoms with Gasteiger partial charge in [-0.3, -0.25) is 4.79 Å². The third-order valence-electron chi connectivity index (χ3n) is 4.54. The molecule has 0 aliphatic heterocycles. The van der Waals surface area contributed by atoms with Crippen molar-refractivity contribution in [3.8, 4) is 17.3 Å². The number of benzene rings is 2. The highest BCUT2D eigenvalue weighted by molar-refractivity contribution is 7.10. The van der Waals surface area contributed by atoms with Gasteiger partial charge in [0.05, 0.1) is 11.6 Å². The molecule has 0 saturated carbocycles. The number of carbonyl (C=O) groups excluding carboxylic acids is 1. The second kappa shape index (κ2) is 8.60. The molecule has 0 radical (unpaired) electrons. The van der Waals surface area contributed by atoms with E-state index in [1.165, 1.54) is 0 Å². The Balaban J connectivity index is 1.56. The van der Waals surface area contributed by atoms with Gasteiger partial charge in [0, 0.05) is 16.1 Å². The van der Waals surface area contributed by atoms with Crippen LogP contribution in [0.25, 0.3) is 22.9 Å². The van der Waals surface area contributed by atoms with Crippen molar-refractivity contribution >= 4 is 34.6 Å². The van der Waals surface area contributed by atoms with Gasteiger partial charge >= 0.3 is 0 Å². The highest BCUT2D eigenvalue weighted by Crippen LogP contribution is 2.27. The standard InChI is InChI=1S/C24H17N3O2S/c1-16-22(23(27-29-16)18-6-3-2-4-7-18)24(28)26-20-11-9-17(10-12-20)19(15-25)14-21-8-5-13-30-21/h2-14H,1H3,(H,26,28)/b19-14-. The van der Waals surface area contributed by atoms with E-state index in [1.807, 2.05) is 66.1 Å². The van der Waals surface area contributed by atoms with Crippen LogP contribution in [0, 0.1) is 18.3 Å². The van der Waals surface area contributed by atoms with Gasteiger partial charge in [0.25, 0.3) is 5.91 Å². The number of thiophene rings is 1. The van der Waals surface area contributed by atoms with Crippen LogP contribution >= 0.6 is 11.3 Å². The number of allylic oxidation sites excluding steroid dienone is 1. The van der Waals surface area contributed by atoms with Crippen molar-refractivity contribution in [2.45, 2.75) is 6.92 Å². The number of nitrogens with zero attached hydrogens (tertiary/aromatic N) is 2.